The first-order chi connectivity index (χ1) is 8.95. The first-order valence-electron chi connectivity index (χ1n) is 6.39. The SMILES string of the molecule is CCOC(=O)C(C(=O)Cc1ccc(F)cc1)C(C)C. The Bertz CT molecular complexity index is 437. The third-order valence-corrected chi connectivity index (χ3v) is 2.85. The van der Waals surface area contributed by atoms with Crippen molar-refractivity contribution in [2.24, 2.45) is 11.8 Å². The van der Waals surface area contributed by atoms with E-state index in [2.05, 4.69) is 0 Å². The third kappa shape index (κ3) is 4.47. The van der Waals surface area contributed by atoms with Crippen molar-refractivity contribution in [1.29, 1.82) is 0 Å². The molecule has 0 aromatic heterocycles. The van der Waals surface area contributed by atoms with Gasteiger partial charge in [0.05, 0.1) is 6.61 Å². The Morgan fingerprint density at radius 1 is 1.21 bits per heavy atom. The Morgan fingerprint density at radius 3 is 2.26 bits per heavy atom. The van der Waals surface area contributed by atoms with E-state index < -0.39 is 11.9 Å². The summed E-state index contributed by atoms with van der Waals surface area (Å²) in [6.07, 6.45) is 0.113. The number of benzene rings is 1. The van der Waals surface area contributed by atoms with Crippen LogP contribution >= 0.6 is 0 Å². The number of hydrogen-bond donors (Lipinski definition) is 0. The van der Waals surface area contributed by atoms with E-state index in [-0.39, 0.29) is 30.5 Å². The fourth-order valence-corrected chi connectivity index (χ4v) is 1.92. The van der Waals surface area contributed by atoms with Crippen molar-refractivity contribution in [3.05, 3.63) is 35.6 Å². The van der Waals surface area contributed by atoms with Crippen molar-refractivity contribution >= 4 is 11.8 Å². The van der Waals surface area contributed by atoms with Crippen LogP contribution in [0, 0.1) is 17.7 Å². The van der Waals surface area contributed by atoms with Crippen molar-refractivity contribution in [2.75, 3.05) is 6.61 Å². The summed E-state index contributed by atoms with van der Waals surface area (Å²) in [5, 5.41) is 0. The lowest BCUT2D eigenvalue weighted by molar-refractivity contribution is -0.153. The van der Waals surface area contributed by atoms with E-state index in [0.29, 0.717) is 5.56 Å². The summed E-state index contributed by atoms with van der Waals surface area (Å²) in [6, 6.07) is 5.71. The van der Waals surface area contributed by atoms with Crippen molar-refractivity contribution in [1.82, 2.24) is 0 Å². The molecule has 0 fully saturated rings. The predicted octanol–water partition coefficient (Wildman–Crippen LogP) is 2.77. The van der Waals surface area contributed by atoms with Crippen LogP contribution in [0.5, 0.6) is 0 Å². The summed E-state index contributed by atoms with van der Waals surface area (Å²) in [4.78, 5) is 23.9. The molecular weight excluding hydrogens is 247 g/mol. The summed E-state index contributed by atoms with van der Waals surface area (Å²) >= 11 is 0. The molecule has 0 heterocycles. The zero-order valence-electron chi connectivity index (χ0n) is 11.5. The highest BCUT2D eigenvalue weighted by molar-refractivity contribution is 6.00. The molecule has 0 N–H and O–H groups in total. The number of halogens is 1. The second-order valence-corrected chi connectivity index (χ2v) is 4.74. The molecule has 104 valence electrons. The van der Waals surface area contributed by atoms with Gasteiger partial charge in [-0.25, -0.2) is 4.39 Å². The molecule has 19 heavy (non-hydrogen) atoms. The molecule has 1 rings (SSSR count). The van der Waals surface area contributed by atoms with Gasteiger partial charge in [0.1, 0.15) is 11.7 Å². The van der Waals surface area contributed by atoms with Gasteiger partial charge in [0, 0.05) is 6.42 Å². The summed E-state index contributed by atoms with van der Waals surface area (Å²) in [6.45, 7) is 5.58. The zero-order chi connectivity index (χ0) is 14.4. The van der Waals surface area contributed by atoms with Crippen LogP contribution in [0.15, 0.2) is 24.3 Å². The Hall–Kier alpha value is -1.71. The standard InChI is InChI=1S/C15H19FO3/c1-4-19-15(18)14(10(2)3)13(17)9-11-5-7-12(16)8-6-11/h5-8,10,14H,4,9H2,1-3H3. The number of carbonyl (C=O) groups is 2. The molecule has 0 bridgehead atoms. The maximum atomic E-state index is 12.8. The van der Waals surface area contributed by atoms with Gasteiger partial charge in [0.2, 0.25) is 0 Å². The van der Waals surface area contributed by atoms with Gasteiger partial charge < -0.3 is 4.74 Å². The molecule has 0 aliphatic rings. The molecule has 0 radical (unpaired) electrons. The summed E-state index contributed by atoms with van der Waals surface area (Å²) in [7, 11) is 0. The molecule has 4 heteroatoms. The van der Waals surface area contributed by atoms with Gasteiger partial charge in [-0.05, 0) is 30.5 Å². The quantitative estimate of drug-likeness (QED) is 0.587. The highest BCUT2D eigenvalue weighted by atomic mass is 19.1. The lowest BCUT2D eigenvalue weighted by atomic mass is 9.88. The second kappa shape index (κ2) is 7.02. The number of Topliss-reactive ketones (excluding diaryl/α,β-unsaturated/α-hetero) is 1. The van der Waals surface area contributed by atoms with Crippen molar-refractivity contribution in [3.63, 3.8) is 0 Å². The molecular formula is C15H19FO3. The lowest BCUT2D eigenvalue weighted by Gasteiger charge is -2.17. The van der Waals surface area contributed by atoms with Gasteiger partial charge in [0.15, 0.2) is 5.78 Å². The Kier molecular flexibility index (Phi) is 5.67. The van der Waals surface area contributed by atoms with Gasteiger partial charge >= 0.3 is 5.97 Å². The van der Waals surface area contributed by atoms with Crippen LogP contribution in [0.2, 0.25) is 0 Å². The monoisotopic (exact) mass is 266 g/mol. The fraction of sp³-hybridized carbons (Fsp3) is 0.467. The molecule has 0 amide bonds. The number of ketones is 1. The van der Waals surface area contributed by atoms with Crippen molar-refractivity contribution in [2.45, 2.75) is 27.2 Å². The Morgan fingerprint density at radius 2 is 1.79 bits per heavy atom. The van der Waals surface area contributed by atoms with E-state index in [9.17, 15) is 14.0 Å². The third-order valence-electron chi connectivity index (χ3n) is 2.85. The normalized spacial score (nSPS) is 12.3. The lowest BCUT2D eigenvalue weighted by Crippen LogP contribution is -2.31. The van der Waals surface area contributed by atoms with Gasteiger partial charge in [-0.2, -0.15) is 0 Å². The van der Waals surface area contributed by atoms with E-state index in [1.807, 2.05) is 13.8 Å². The highest BCUT2D eigenvalue weighted by Gasteiger charge is 2.30. The summed E-state index contributed by atoms with van der Waals surface area (Å²) in [5.41, 5.74) is 0.696. The number of carbonyl (C=O) groups excluding carboxylic acids is 2. The zero-order valence-corrected chi connectivity index (χ0v) is 11.5. The molecule has 1 aromatic carbocycles. The minimum absolute atomic E-state index is 0.113. The maximum Gasteiger partial charge on any atom is 0.316 e. The predicted molar refractivity (Wildman–Crippen MR) is 70.1 cm³/mol. The van der Waals surface area contributed by atoms with E-state index in [1.54, 1.807) is 19.1 Å². The molecule has 1 unspecified atom stereocenters. The molecule has 1 atom stereocenters. The molecule has 0 saturated heterocycles. The van der Waals surface area contributed by atoms with Gasteiger partial charge in [-0.3, -0.25) is 9.59 Å². The minimum atomic E-state index is -0.759. The molecule has 0 aliphatic carbocycles. The Balaban J connectivity index is 2.77. The van der Waals surface area contributed by atoms with Crippen LogP contribution in [-0.2, 0) is 20.7 Å². The van der Waals surface area contributed by atoms with E-state index in [0.717, 1.165) is 0 Å². The van der Waals surface area contributed by atoms with Crippen LogP contribution in [0.1, 0.15) is 26.3 Å². The van der Waals surface area contributed by atoms with Crippen molar-refractivity contribution < 1.29 is 18.7 Å². The van der Waals surface area contributed by atoms with Crippen molar-refractivity contribution in [3.8, 4) is 0 Å². The molecule has 0 spiro atoms. The van der Waals surface area contributed by atoms with Crippen LogP contribution in [0.4, 0.5) is 4.39 Å². The first-order valence-corrected chi connectivity index (χ1v) is 6.39. The molecule has 3 nitrogen and oxygen atoms in total. The minimum Gasteiger partial charge on any atom is -0.465 e. The largest absolute Gasteiger partial charge is 0.465 e. The first kappa shape index (κ1) is 15.3. The summed E-state index contributed by atoms with van der Waals surface area (Å²) in [5.74, 6) is -1.90. The van der Waals surface area contributed by atoms with E-state index >= 15 is 0 Å². The maximum absolute atomic E-state index is 12.8. The van der Waals surface area contributed by atoms with Gasteiger partial charge in [-0.1, -0.05) is 26.0 Å². The number of ether oxygens (including phenoxy) is 1. The number of esters is 1. The fourth-order valence-electron chi connectivity index (χ4n) is 1.92. The second-order valence-electron chi connectivity index (χ2n) is 4.74. The smallest absolute Gasteiger partial charge is 0.316 e. The topological polar surface area (TPSA) is 43.4 Å². The van der Waals surface area contributed by atoms with Crippen LogP contribution in [-0.4, -0.2) is 18.4 Å². The Labute approximate surface area is 112 Å². The van der Waals surface area contributed by atoms with Gasteiger partial charge in [-0.15, -0.1) is 0 Å². The van der Waals surface area contributed by atoms with Crippen LogP contribution in [0.25, 0.3) is 0 Å². The highest BCUT2D eigenvalue weighted by Crippen LogP contribution is 2.17. The summed E-state index contributed by atoms with van der Waals surface area (Å²) < 4.78 is 17.7. The number of rotatable bonds is 6. The van der Waals surface area contributed by atoms with E-state index in [4.69, 9.17) is 4.74 Å². The number of hydrogen-bond acceptors (Lipinski definition) is 3. The average Bonchev–Trinajstić information content (AvgIpc) is 2.32. The van der Waals surface area contributed by atoms with Gasteiger partial charge in [0.25, 0.3) is 0 Å². The molecule has 0 aliphatic heterocycles. The molecule has 1 aromatic rings. The molecule has 0 saturated carbocycles. The average molecular weight is 266 g/mol. The van der Waals surface area contributed by atoms with Crippen LogP contribution in [0.3, 0.4) is 0 Å². The van der Waals surface area contributed by atoms with Crippen LogP contribution < -0.4 is 0 Å². The van der Waals surface area contributed by atoms with E-state index in [1.165, 1.54) is 12.1 Å².